The van der Waals surface area contributed by atoms with Gasteiger partial charge in [-0.1, -0.05) is 0 Å². The summed E-state index contributed by atoms with van der Waals surface area (Å²) < 4.78 is 121. The molecular formula is C5H2F10O2. The molecule has 0 aromatic rings. The van der Waals surface area contributed by atoms with E-state index in [0.29, 0.717) is 0 Å². The second kappa shape index (κ2) is 4.84. The maximum Gasteiger partial charge on any atom is 0.453 e. The fraction of sp³-hybridized carbons (Fsp3) is 1.00. The van der Waals surface area contributed by atoms with E-state index in [4.69, 9.17) is 0 Å². The van der Waals surface area contributed by atoms with Crippen LogP contribution in [0.2, 0.25) is 0 Å². The summed E-state index contributed by atoms with van der Waals surface area (Å²) >= 11 is 0. The van der Waals surface area contributed by atoms with Crippen LogP contribution in [0.1, 0.15) is 0 Å². The van der Waals surface area contributed by atoms with E-state index in [-0.39, 0.29) is 0 Å². The lowest BCUT2D eigenvalue weighted by Gasteiger charge is -2.28. The first-order chi connectivity index (χ1) is 7.32. The molecule has 0 spiro atoms. The van der Waals surface area contributed by atoms with Crippen molar-refractivity contribution in [2.24, 2.45) is 0 Å². The van der Waals surface area contributed by atoms with Gasteiger partial charge in [-0.15, -0.1) is 0 Å². The van der Waals surface area contributed by atoms with Crippen molar-refractivity contribution in [1.82, 2.24) is 0 Å². The van der Waals surface area contributed by atoms with Crippen LogP contribution < -0.4 is 0 Å². The molecule has 0 aliphatic heterocycles. The molecule has 0 bridgehead atoms. The summed E-state index contributed by atoms with van der Waals surface area (Å²) in [6.45, 7) is -4.46. The molecule has 0 fully saturated rings. The van der Waals surface area contributed by atoms with E-state index in [1.54, 1.807) is 0 Å². The third-order valence-electron chi connectivity index (χ3n) is 1.09. The SMILES string of the molecule is FC(F)OC(F)(F)C(F)(F)OC(F)(F)C(F)F. The van der Waals surface area contributed by atoms with Crippen LogP contribution in [-0.2, 0) is 9.47 Å². The smallest absolute Gasteiger partial charge is 0.251 e. The van der Waals surface area contributed by atoms with Crippen LogP contribution in [-0.4, -0.2) is 31.4 Å². The molecule has 0 rings (SSSR count). The molecule has 0 amide bonds. The van der Waals surface area contributed by atoms with Crippen LogP contribution in [0, 0.1) is 0 Å². The highest BCUT2D eigenvalue weighted by Gasteiger charge is 2.67. The van der Waals surface area contributed by atoms with Crippen LogP contribution in [0.4, 0.5) is 43.9 Å². The highest BCUT2D eigenvalue weighted by molar-refractivity contribution is 4.70. The summed E-state index contributed by atoms with van der Waals surface area (Å²) in [5.74, 6) is 0. The Bertz CT molecular complexity index is 251. The number of rotatable bonds is 6. The molecule has 0 aromatic heterocycles. The van der Waals surface area contributed by atoms with E-state index in [1.165, 1.54) is 0 Å². The zero-order valence-corrected chi connectivity index (χ0v) is 7.25. The van der Waals surface area contributed by atoms with Crippen molar-refractivity contribution >= 4 is 0 Å². The van der Waals surface area contributed by atoms with Crippen LogP contribution in [0.3, 0.4) is 0 Å². The van der Waals surface area contributed by atoms with Gasteiger partial charge in [0.2, 0.25) is 0 Å². The molecule has 2 nitrogen and oxygen atoms in total. The Morgan fingerprint density at radius 3 is 1.41 bits per heavy atom. The minimum atomic E-state index is -6.37. The van der Waals surface area contributed by atoms with Gasteiger partial charge in [0, 0.05) is 0 Å². The molecule has 0 N–H and O–H groups in total. The van der Waals surface area contributed by atoms with Crippen molar-refractivity contribution in [3.05, 3.63) is 0 Å². The van der Waals surface area contributed by atoms with Gasteiger partial charge in [-0.3, -0.25) is 4.74 Å². The second-order valence-electron chi connectivity index (χ2n) is 2.38. The molecular weight excluding hydrogens is 282 g/mol. The van der Waals surface area contributed by atoms with Gasteiger partial charge >= 0.3 is 31.4 Å². The van der Waals surface area contributed by atoms with E-state index in [0.717, 1.165) is 0 Å². The first-order valence-corrected chi connectivity index (χ1v) is 3.39. The molecule has 0 atom stereocenters. The van der Waals surface area contributed by atoms with Crippen molar-refractivity contribution in [3.63, 3.8) is 0 Å². The molecule has 0 radical (unpaired) electrons. The van der Waals surface area contributed by atoms with Crippen LogP contribution in [0.5, 0.6) is 0 Å². The lowest BCUT2D eigenvalue weighted by atomic mass is 10.5. The summed E-state index contributed by atoms with van der Waals surface area (Å²) in [6.07, 6.45) is -23.4. The third-order valence-corrected chi connectivity index (χ3v) is 1.09. The van der Waals surface area contributed by atoms with Gasteiger partial charge in [0.1, 0.15) is 0 Å². The summed E-state index contributed by atoms with van der Waals surface area (Å²) in [5, 5.41) is 0. The predicted octanol–water partition coefficient (Wildman–Crippen LogP) is 3.29. The number of alkyl halides is 10. The summed E-state index contributed by atoms with van der Waals surface area (Å²) in [5.41, 5.74) is 0. The number of halogens is 10. The third kappa shape index (κ3) is 4.18. The van der Waals surface area contributed by atoms with Crippen LogP contribution in [0.15, 0.2) is 0 Å². The van der Waals surface area contributed by atoms with Gasteiger partial charge in [-0.25, -0.2) is 13.5 Å². The molecule has 12 heteroatoms. The standard InChI is InChI=1S/C5H2F10O2/c6-1(7)3(10,11)17-5(14,15)4(12,13)16-2(8)9/h1-2H. The Kier molecular flexibility index (Phi) is 4.62. The van der Waals surface area contributed by atoms with Gasteiger partial charge < -0.3 is 0 Å². The number of ether oxygens (including phenoxy) is 2. The van der Waals surface area contributed by atoms with Gasteiger partial charge in [-0.2, -0.15) is 35.1 Å². The quantitative estimate of drug-likeness (QED) is 0.697. The fourth-order valence-corrected chi connectivity index (χ4v) is 0.455. The Balaban J connectivity index is 4.89. The first kappa shape index (κ1) is 16.2. The van der Waals surface area contributed by atoms with Crippen LogP contribution >= 0.6 is 0 Å². The lowest BCUT2D eigenvalue weighted by molar-refractivity contribution is -0.506. The van der Waals surface area contributed by atoms with Crippen LogP contribution in [0.25, 0.3) is 0 Å². The molecule has 0 aromatic carbocycles. The van der Waals surface area contributed by atoms with E-state index >= 15 is 0 Å². The minimum absolute atomic E-state index is 1.83. The zero-order chi connectivity index (χ0) is 14.1. The monoisotopic (exact) mass is 284 g/mol. The highest BCUT2D eigenvalue weighted by Crippen LogP contribution is 2.42. The van der Waals surface area contributed by atoms with E-state index in [9.17, 15) is 43.9 Å². The minimum Gasteiger partial charge on any atom is -0.251 e. The Labute approximate surface area is 86.1 Å². The second-order valence-corrected chi connectivity index (χ2v) is 2.38. The number of hydrogen-bond donors (Lipinski definition) is 0. The summed E-state index contributed by atoms with van der Waals surface area (Å²) in [7, 11) is 0. The van der Waals surface area contributed by atoms with Crippen molar-refractivity contribution < 1.29 is 53.4 Å². The van der Waals surface area contributed by atoms with E-state index in [1.807, 2.05) is 9.47 Å². The summed E-state index contributed by atoms with van der Waals surface area (Å²) in [6, 6.07) is 0. The number of hydrogen-bond acceptors (Lipinski definition) is 2. The predicted molar refractivity (Wildman–Crippen MR) is 29.0 cm³/mol. The Morgan fingerprint density at radius 1 is 0.706 bits per heavy atom. The van der Waals surface area contributed by atoms with Gasteiger partial charge in [0.25, 0.3) is 0 Å². The van der Waals surface area contributed by atoms with Crippen molar-refractivity contribution in [2.45, 2.75) is 31.4 Å². The Hall–Kier alpha value is -0.780. The maximum absolute atomic E-state index is 12.2. The largest absolute Gasteiger partial charge is 0.453 e. The Morgan fingerprint density at radius 2 is 1.12 bits per heavy atom. The van der Waals surface area contributed by atoms with Crippen molar-refractivity contribution in [3.8, 4) is 0 Å². The lowest BCUT2D eigenvalue weighted by Crippen LogP contribution is -2.51. The van der Waals surface area contributed by atoms with E-state index in [2.05, 4.69) is 0 Å². The molecule has 0 saturated carbocycles. The molecule has 0 saturated heterocycles. The first-order valence-electron chi connectivity index (χ1n) is 3.39. The molecule has 0 heterocycles. The topological polar surface area (TPSA) is 18.5 Å². The van der Waals surface area contributed by atoms with Gasteiger partial charge in [0.15, 0.2) is 0 Å². The average Bonchev–Trinajstić information content (AvgIpc) is 1.97. The summed E-state index contributed by atoms with van der Waals surface area (Å²) in [4.78, 5) is 0. The molecule has 0 unspecified atom stereocenters. The van der Waals surface area contributed by atoms with E-state index < -0.39 is 31.4 Å². The molecule has 0 aliphatic rings. The normalized spacial score (nSPS) is 14.8. The molecule has 104 valence electrons. The van der Waals surface area contributed by atoms with Gasteiger partial charge in [-0.05, 0) is 0 Å². The molecule has 17 heavy (non-hydrogen) atoms. The van der Waals surface area contributed by atoms with Gasteiger partial charge in [0.05, 0.1) is 0 Å². The van der Waals surface area contributed by atoms with Crippen molar-refractivity contribution in [2.75, 3.05) is 0 Å². The fourth-order valence-electron chi connectivity index (χ4n) is 0.455. The zero-order valence-electron chi connectivity index (χ0n) is 7.25. The highest BCUT2D eigenvalue weighted by atomic mass is 19.3. The average molecular weight is 284 g/mol. The maximum atomic E-state index is 12.2. The molecule has 0 aliphatic carbocycles. The van der Waals surface area contributed by atoms with Crippen molar-refractivity contribution in [1.29, 1.82) is 0 Å².